The van der Waals surface area contributed by atoms with Crippen molar-refractivity contribution in [2.24, 2.45) is 0 Å². The average Bonchev–Trinajstić information content (AvgIpc) is 2.54. The third-order valence-electron chi connectivity index (χ3n) is 3.11. The first-order valence-electron chi connectivity index (χ1n) is 6.69. The SMILES string of the molecule is COC(=O)Cc1ccc(OCc2ccccc2)c(CO)c1. The molecule has 0 amide bonds. The molecule has 0 radical (unpaired) electrons. The Morgan fingerprint density at radius 1 is 1.10 bits per heavy atom. The number of aliphatic hydroxyl groups excluding tert-OH is 1. The molecule has 0 heterocycles. The van der Waals surface area contributed by atoms with Crippen LogP contribution in [0, 0.1) is 0 Å². The van der Waals surface area contributed by atoms with Crippen LogP contribution in [0.2, 0.25) is 0 Å². The third-order valence-corrected chi connectivity index (χ3v) is 3.11. The summed E-state index contributed by atoms with van der Waals surface area (Å²) in [5, 5.41) is 9.44. The number of carbonyl (C=O) groups is 1. The highest BCUT2D eigenvalue weighted by atomic mass is 16.5. The number of benzene rings is 2. The second-order valence-corrected chi connectivity index (χ2v) is 4.63. The van der Waals surface area contributed by atoms with E-state index in [1.165, 1.54) is 7.11 Å². The molecule has 0 aliphatic carbocycles. The van der Waals surface area contributed by atoms with E-state index in [0.717, 1.165) is 11.1 Å². The molecule has 0 aromatic heterocycles. The Labute approximate surface area is 123 Å². The van der Waals surface area contributed by atoms with Crippen molar-refractivity contribution in [3.8, 4) is 5.75 Å². The fourth-order valence-electron chi connectivity index (χ4n) is 1.98. The minimum atomic E-state index is -0.308. The van der Waals surface area contributed by atoms with Crippen molar-refractivity contribution in [1.29, 1.82) is 0 Å². The van der Waals surface area contributed by atoms with E-state index in [9.17, 15) is 9.90 Å². The van der Waals surface area contributed by atoms with E-state index in [-0.39, 0.29) is 19.0 Å². The summed E-state index contributed by atoms with van der Waals surface area (Å²) in [5.74, 6) is 0.312. The van der Waals surface area contributed by atoms with Crippen molar-refractivity contribution >= 4 is 5.97 Å². The first-order valence-corrected chi connectivity index (χ1v) is 6.69. The molecule has 0 saturated heterocycles. The van der Waals surface area contributed by atoms with E-state index in [1.807, 2.05) is 30.3 Å². The molecule has 0 aliphatic rings. The lowest BCUT2D eigenvalue weighted by Gasteiger charge is -2.11. The standard InChI is InChI=1S/C17H18O4/c1-20-17(19)10-14-7-8-16(15(9-14)11-18)21-12-13-5-3-2-4-6-13/h2-9,18H,10-12H2,1H3. The van der Waals surface area contributed by atoms with Crippen molar-refractivity contribution in [1.82, 2.24) is 0 Å². The van der Waals surface area contributed by atoms with Gasteiger partial charge in [-0.25, -0.2) is 0 Å². The summed E-state index contributed by atoms with van der Waals surface area (Å²) in [6.07, 6.45) is 0.183. The zero-order valence-corrected chi connectivity index (χ0v) is 11.9. The third kappa shape index (κ3) is 4.33. The van der Waals surface area contributed by atoms with Crippen molar-refractivity contribution in [3.63, 3.8) is 0 Å². The maximum atomic E-state index is 11.3. The smallest absolute Gasteiger partial charge is 0.309 e. The topological polar surface area (TPSA) is 55.8 Å². The fourth-order valence-corrected chi connectivity index (χ4v) is 1.98. The number of hydrogen-bond donors (Lipinski definition) is 1. The van der Waals surface area contributed by atoms with Crippen LogP contribution in [-0.2, 0) is 29.2 Å². The summed E-state index contributed by atoms with van der Waals surface area (Å²) < 4.78 is 10.4. The van der Waals surface area contributed by atoms with Crippen molar-refractivity contribution in [2.75, 3.05) is 7.11 Å². The van der Waals surface area contributed by atoms with Crippen molar-refractivity contribution in [2.45, 2.75) is 19.6 Å². The average molecular weight is 286 g/mol. The van der Waals surface area contributed by atoms with Crippen LogP contribution < -0.4 is 4.74 Å². The van der Waals surface area contributed by atoms with E-state index >= 15 is 0 Å². The Morgan fingerprint density at radius 2 is 1.86 bits per heavy atom. The number of ether oxygens (including phenoxy) is 2. The predicted octanol–water partition coefficient (Wildman–Crippen LogP) is 2.47. The summed E-state index contributed by atoms with van der Waals surface area (Å²) in [6.45, 7) is 0.295. The van der Waals surface area contributed by atoms with Gasteiger partial charge in [-0.1, -0.05) is 36.4 Å². The van der Waals surface area contributed by atoms with E-state index in [0.29, 0.717) is 17.9 Å². The number of hydrogen-bond acceptors (Lipinski definition) is 4. The second kappa shape index (κ2) is 7.45. The maximum Gasteiger partial charge on any atom is 0.309 e. The van der Waals surface area contributed by atoms with Gasteiger partial charge >= 0.3 is 5.97 Å². The highest BCUT2D eigenvalue weighted by molar-refractivity contribution is 5.72. The minimum absolute atomic E-state index is 0.140. The zero-order chi connectivity index (χ0) is 15.1. The molecule has 2 aromatic carbocycles. The highest BCUT2D eigenvalue weighted by Gasteiger charge is 2.08. The van der Waals surface area contributed by atoms with Crippen LogP contribution in [0.1, 0.15) is 16.7 Å². The lowest BCUT2D eigenvalue weighted by atomic mass is 10.1. The number of esters is 1. The fraction of sp³-hybridized carbons (Fsp3) is 0.235. The van der Waals surface area contributed by atoms with Crippen LogP contribution in [-0.4, -0.2) is 18.2 Å². The Morgan fingerprint density at radius 3 is 2.52 bits per heavy atom. The molecular formula is C17H18O4. The van der Waals surface area contributed by atoms with E-state index < -0.39 is 0 Å². The largest absolute Gasteiger partial charge is 0.489 e. The van der Waals surface area contributed by atoms with Gasteiger partial charge in [0.2, 0.25) is 0 Å². The Bertz CT molecular complexity index is 593. The first-order chi connectivity index (χ1) is 10.2. The van der Waals surface area contributed by atoms with E-state index in [1.54, 1.807) is 18.2 Å². The van der Waals surface area contributed by atoms with Crippen LogP contribution in [0.3, 0.4) is 0 Å². The van der Waals surface area contributed by atoms with Crippen LogP contribution in [0.5, 0.6) is 5.75 Å². The lowest BCUT2D eigenvalue weighted by molar-refractivity contribution is -0.139. The molecule has 4 nitrogen and oxygen atoms in total. The van der Waals surface area contributed by atoms with Gasteiger partial charge in [0.1, 0.15) is 12.4 Å². The van der Waals surface area contributed by atoms with Crippen molar-refractivity contribution in [3.05, 3.63) is 65.2 Å². The summed E-state index contributed by atoms with van der Waals surface area (Å²) in [5.41, 5.74) is 2.50. The molecule has 21 heavy (non-hydrogen) atoms. The normalized spacial score (nSPS) is 10.2. The molecule has 0 bridgehead atoms. The number of methoxy groups -OCH3 is 1. The van der Waals surface area contributed by atoms with Gasteiger partial charge in [0.05, 0.1) is 20.1 Å². The Kier molecular flexibility index (Phi) is 5.35. The summed E-state index contributed by atoms with van der Waals surface area (Å²) >= 11 is 0. The highest BCUT2D eigenvalue weighted by Crippen LogP contribution is 2.22. The van der Waals surface area contributed by atoms with Gasteiger partial charge < -0.3 is 14.6 Å². The van der Waals surface area contributed by atoms with Gasteiger partial charge in [-0.2, -0.15) is 0 Å². The van der Waals surface area contributed by atoms with Gasteiger partial charge in [0.15, 0.2) is 0 Å². The molecule has 0 aliphatic heterocycles. The Balaban J connectivity index is 2.07. The number of carbonyl (C=O) groups excluding carboxylic acids is 1. The van der Waals surface area contributed by atoms with E-state index in [2.05, 4.69) is 4.74 Å². The molecule has 0 fully saturated rings. The van der Waals surface area contributed by atoms with Crippen LogP contribution in [0.15, 0.2) is 48.5 Å². The molecule has 0 spiro atoms. The molecule has 2 rings (SSSR count). The molecule has 1 N–H and O–H groups in total. The first kappa shape index (κ1) is 15.1. The minimum Gasteiger partial charge on any atom is -0.489 e. The molecular weight excluding hydrogens is 268 g/mol. The predicted molar refractivity (Wildman–Crippen MR) is 78.9 cm³/mol. The number of aliphatic hydroxyl groups is 1. The zero-order valence-electron chi connectivity index (χ0n) is 11.9. The quantitative estimate of drug-likeness (QED) is 0.829. The summed E-state index contributed by atoms with van der Waals surface area (Å²) in [7, 11) is 1.35. The molecule has 4 heteroatoms. The van der Waals surface area contributed by atoms with Gasteiger partial charge in [0.25, 0.3) is 0 Å². The van der Waals surface area contributed by atoms with Gasteiger partial charge in [-0.15, -0.1) is 0 Å². The molecule has 0 unspecified atom stereocenters. The van der Waals surface area contributed by atoms with Crippen LogP contribution in [0.4, 0.5) is 0 Å². The van der Waals surface area contributed by atoms with Crippen LogP contribution >= 0.6 is 0 Å². The lowest BCUT2D eigenvalue weighted by Crippen LogP contribution is -2.05. The second-order valence-electron chi connectivity index (χ2n) is 4.63. The summed E-state index contributed by atoms with van der Waals surface area (Å²) in [4.78, 5) is 11.3. The molecule has 0 saturated carbocycles. The number of rotatable bonds is 6. The summed E-state index contributed by atoms with van der Waals surface area (Å²) in [6, 6.07) is 15.1. The van der Waals surface area contributed by atoms with Gasteiger partial charge in [-0.3, -0.25) is 4.79 Å². The molecule has 2 aromatic rings. The molecule has 0 atom stereocenters. The van der Waals surface area contributed by atoms with Gasteiger partial charge in [0, 0.05) is 5.56 Å². The van der Waals surface area contributed by atoms with E-state index in [4.69, 9.17) is 4.74 Å². The van der Waals surface area contributed by atoms with Gasteiger partial charge in [-0.05, 0) is 23.3 Å². The van der Waals surface area contributed by atoms with Crippen molar-refractivity contribution < 1.29 is 19.4 Å². The monoisotopic (exact) mass is 286 g/mol. The molecule has 110 valence electrons. The maximum absolute atomic E-state index is 11.3. The Hall–Kier alpha value is -2.33. The van der Waals surface area contributed by atoms with Crippen LogP contribution in [0.25, 0.3) is 0 Å².